The van der Waals surface area contributed by atoms with Crippen LogP contribution >= 0.6 is 0 Å². The van der Waals surface area contributed by atoms with Crippen molar-refractivity contribution in [3.05, 3.63) is 102 Å². The van der Waals surface area contributed by atoms with E-state index < -0.39 is 5.60 Å². The van der Waals surface area contributed by atoms with E-state index in [0.717, 1.165) is 36.0 Å². The van der Waals surface area contributed by atoms with Gasteiger partial charge in [0.2, 0.25) is 0 Å². The van der Waals surface area contributed by atoms with Crippen molar-refractivity contribution >= 4 is 0 Å². The van der Waals surface area contributed by atoms with Gasteiger partial charge in [-0.05, 0) is 48.1 Å². The van der Waals surface area contributed by atoms with Crippen LogP contribution in [0.1, 0.15) is 48.3 Å². The average Bonchev–Trinajstić information content (AvgIpc) is 2.84. The maximum atomic E-state index is 12.3. The first-order valence-electron chi connectivity index (χ1n) is 11.0. The highest BCUT2D eigenvalue weighted by Gasteiger charge is 2.41. The highest BCUT2D eigenvalue weighted by atomic mass is 16.7. The summed E-state index contributed by atoms with van der Waals surface area (Å²) in [5, 5.41) is 22.2. The van der Waals surface area contributed by atoms with Crippen molar-refractivity contribution in [3.63, 3.8) is 0 Å². The number of hydrogen-bond acceptors (Lipinski definition) is 4. The van der Waals surface area contributed by atoms with Crippen LogP contribution in [-0.2, 0) is 10.3 Å². The highest BCUT2D eigenvalue weighted by Crippen LogP contribution is 2.45. The van der Waals surface area contributed by atoms with E-state index in [0.29, 0.717) is 18.8 Å². The molecule has 0 radical (unpaired) electrons. The zero-order valence-corrected chi connectivity index (χ0v) is 17.7. The first kappa shape index (κ1) is 21.6. The number of hydrogen-bond donors (Lipinski definition) is 2. The Morgan fingerprint density at radius 1 is 0.903 bits per heavy atom. The van der Waals surface area contributed by atoms with Gasteiger partial charge in [0.05, 0.1) is 6.61 Å². The lowest BCUT2D eigenvalue weighted by Gasteiger charge is -2.38. The van der Waals surface area contributed by atoms with Crippen molar-refractivity contribution in [3.8, 4) is 5.75 Å². The van der Waals surface area contributed by atoms with Gasteiger partial charge in [-0.3, -0.25) is 0 Å². The maximum Gasteiger partial charge on any atom is 0.199 e. The first-order chi connectivity index (χ1) is 15.2. The molecule has 0 aliphatic carbocycles. The summed E-state index contributed by atoms with van der Waals surface area (Å²) in [6.07, 6.45) is 3.19. The van der Waals surface area contributed by atoms with Crippen LogP contribution in [0, 0.1) is 0 Å². The second-order valence-corrected chi connectivity index (χ2v) is 8.05. The normalized spacial score (nSPS) is 19.4. The minimum absolute atomic E-state index is 0.0270. The van der Waals surface area contributed by atoms with Crippen molar-refractivity contribution in [2.45, 2.75) is 43.5 Å². The molecule has 4 nitrogen and oxygen atoms in total. The fourth-order valence-corrected chi connectivity index (χ4v) is 4.45. The predicted octanol–water partition coefficient (Wildman–Crippen LogP) is 4.99. The molecule has 0 saturated carbocycles. The van der Waals surface area contributed by atoms with Gasteiger partial charge in [-0.15, -0.1) is 0 Å². The topological polar surface area (TPSA) is 58.9 Å². The van der Waals surface area contributed by atoms with E-state index in [4.69, 9.17) is 9.47 Å². The molecule has 1 aliphatic rings. The van der Waals surface area contributed by atoms with Gasteiger partial charge < -0.3 is 19.7 Å². The van der Waals surface area contributed by atoms with Crippen molar-refractivity contribution in [2.24, 2.45) is 0 Å². The Labute approximate surface area is 184 Å². The van der Waals surface area contributed by atoms with Gasteiger partial charge in [0.25, 0.3) is 0 Å². The molecule has 1 heterocycles. The van der Waals surface area contributed by atoms with Gasteiger partial charge in [0.15, 0.2) is 6.29 Å². The lowest BCUT2D eigenvalue weighted by atomic mass is 9.71. The van der Waals surface area contributed by atoms with Crippen LogP contribution < -0.4 is 4.74 Å². The SMILES string of the molecule is OCCC(c1ccccc1)C(O)(c1ccccc1)c1cccc(OC2CCCCO2)c1. The van der Waals surface area contributed by atoms with Crippen LogP contribution in [-0.4, -0.2) is 29.7 Å². The molecular formula is C27H30O4. The molecule has 1 saturated heterocycles. The second kappa shape index (κ2) is 10.1. The van der Waals surface area contributed by atoms with Crippen LogP contribution in [0.3, 0.4) is 0 Å². The fraction of sp³-hybridized carbons (Fsp3) is 0.333. The summed E-state index contributed by atoms with van der Waals surface area (Å²) in [6, 6.07) is 27.2. The molecule has 3 aromatic rings. The Balaban J connectivity index is 1.77. The van der Waals surface area contributed by atoms with Crippen molar-refractivity contribution in [2.75, 3.05) is 13.2 Å². The molecule has 2 N–H and O–H groups in total. The highest BCUT2D eigenvalue weighted by molar-refractivity contribution is 5.44. The van der Waals surface area contributed by atoms with Crippen molar-refractivity contribution < 1.29 is 19.7 Å². The van der Waals surface area contributed by atoms with Gasteiger partial charge in [-0.25, -0.2) is 0 Å². The summed E-state index contributed by atoms with van der Waals surface area (Å²) in [6.45, 7) is 0.686. The van der Waals surface area contributed by atoms with E-state index in [1.165, 1.54) is 0 Å². The van der Waals surface area contributed by atoms with Gasteiger partial charge in [-0.2, -0.15) is 0 Å². The number of aliphatic hydroxyl groups excluding tert-OH is 1. The molecule has 0 spiro atoms. The van der Waals surface area contributed by atoms with Gasteiger partial charge in [-0.1, -0.05) is 72.8 Å². The van der Waals surface area contributed by atoms with Crippen LogP contribution in [0.4, 0.5) is 0 Å². The predicted molar refractivity (Wildman–Crippen MR) is 121 cm³/mol. The molecular weight excluding hydrogens is 388 g/mol. The molecule has 4 rings (SSSR count). The van der Waals surface area contributed by atoms with Crippen LogP contribution in [0.5, 0.6) is 5.75 Å². The molecule has 0 amide bonds. The Kier molecular flexibility index (Phi) is 7.03. The third kappa shape index (κ3) is 4.82. The summed E-state index contributed by atoms with van der Waals surface area (Å²) in [5.74, 6) is 0.344. The largest absolute Gasteiger partial charge is 0.465 e. The maximum absolute atomic E-state index is 12.3. The average molecular weight is 419 g/mol. The molecule has 4 heteroatoms. The van der Waals surface area contributed by atoms with E-state index in [9.17, 15) is 10.2 Å². The van der Waals surface area contributed by atoms with Gasteiger partial charge >= 0.3 is 0 Å². The summed E-state index contributed by atoms with van der Waals surface area (Å²) in [7, 11) is 0. The van der Waals surface area contributed by atoms with E-state index in [-0.39, 0.29) is 18.8 Å². The lowest BCUT2D eigenvalue weighted by Crippen LogP contribution is -2.36. The number of benzene rings is 3. The first-order valence-corrected chi connectivity index (χ1v) is 11.0. The second-order valence-electron chi connectivity index (χ2n) is 8.05. The quantitative estimate of drug-likeness (QED) is 0.541. The molecule has 31 heavy (non-hydrogen) atoms. The molecule has 162 valence electrons. The minimum Gasteiger partial charge on any atom is -0.465 e. The number of aliphatic hydroxyl groups is 2. The summed E-state index contributed by atoms with van der Waals surface area (Å²) < 4.78 is 11.8. The smallest absolute Gasteiger partial charge is 0.199 e. The van der Waals surface area contributed by atoms with Crippen LogP contribution in [0.25, 0.3) is 0 Å². The van der Waals surface area contributed by atoms with Crippen LogP contribution in [0.15, 0.2) is 84.9 Å². The zero-order chi connectivity index (χ0) is 21.5. The van der Waals surface area contributed by atoms with E-state index >= 15 is 0 Å². The standard InChI is InChI=1S/C27H30O4/c28-18-17-25(21-10-3-1-4-11-21)27(29,22-12-5-2-6-13-22)23-14-9-15-24(20-23)31-26-16-7-8-19-30-26/h1-6,9-15,20,25-26,28-29H,7-8,16-19H2. The summed E-state index contributed by atoms with van der Waals surface area (Å²) in [4.78, 5) is 0. The Bertz CT molecular complexity index is 938. The lowest BCUT2D eigenvalue weighted by molar-refractivity contribution is -0.106. The third-order valence-electron chi connectivity index (χ3n) is 6.02. The van der Waals surface area contributed by atoms with Gasteiger partial charge in [0, 0.05) is 18.9 Å². The molecule has 1 fully saturated rings. The molecule has 0 bridgehead atoms. The van der Waals surface area contributed by atoms with Crippen molar-refractivity contribution in [1.82, 2.24) is 0 Å². The number of rotatable bonds is 8. The van der Waals surface area contributed by atoms with Crippen molar-refractivity contribution in [1.29, 1.82) is 0 Å². The third-order valence-corrected chi connectivity index (χ3v) is 6.02. The molecule has 3 atom stereocenters. The molecule has 0 aromatic heterocycles. The minimum atomic E-state index is -1.34. The Morgan fingerprint density at radius 3 is 2.29 bits per heavy atom. The molecule has 3 aromatic carbocycles. The monoisotopic (exact) mass is 418 g/mol. The molecule has 1 aliphatic heterocycles. The summed E-state index contributed by atoms with van der Waals surface area (Å²) in [5.41, 5.74) is 1.15. The van der Waals surface area contributed by atoms with Crippen LogP contribution in [0.2, 0.25) is 0 Å². The van der Waals surface area contributed by atoms with E-state index in [1.807, 2.05) is 84.9 Å². The number of ether oxygens (including phenoxy) is 2. The van der Waals surface area contributed by atoms with E-state index in [1.54, 1.807) is 0 Å². The van der Waals surface area contributed by atoms with Gasteiger partial charge in [0.1, 0.15) is 11.4 Å². The summed E-state index contributed by atoms with van der Waals surface area (Å²) >= 11 is 0. The van der Waals surface area contributed by atoms with E-state index in [2.05, 4.69) is 0 Å². The fourth-order valence-electron chi connectivity index (χ4n) is 4.45. The molecule has 3 unspecified atom stereocenters. The Morgan fingerprint density at radius 2 is 1.61 bits per heavy atom. The Hall–Kier alpha value is -2.66. The zero-order valence-electron chi connectivity index (χ0n) is 17.7.